The van der Waals surface area contributed by atoms with E-state index in [0.717, 1.165) is 12.8 Å². The maximum absolute atomic E-state index is 9.91. The molecule has 0 aromatic carbocycles. The summed E-state index contributed by atoms with van der Waals surface area (Å²) in [7, 11) is -1.80. The summed E-state index contributed by atoms with van der Waals surface area (Å²) in [6.07, 6.45) is 1.93. The molecule has 0 saturated heterocycles. The van der Waals surface area contributed by atoms with Gasteiger partial charge in [-0.15, -0.1) is 0 Å². The van der Waals surface area contributed by atoms with E-state index in [1.54, 1.807) is 0 Å². The highest BCUT2D eigenvalue weighted by Crippen LogP contribution is 2.41. The van der Waals surface area contributed by atoms with Gasteiger partial charge in [-0.05, 0) is 4.57 Å². The fraction of sp³-hybridized carbons (Fsp3) is 1.00. The Morgan fingerprint density at radius 1 is 1.67 bits per heavy atom. The number of hydrogen-bond acceptors (Lipinski definition) is 1. The summed E-state index contributed by atoms with van der Waals surface area (Å²) < 4.78 is 9.91. The third-order valence-corrected chi connectivity index (χ3v) is 2.00. The van der Waals surface area contributed by atoms with Crippen LogP contribution in [-0.2, 0) is 4.57 Å². The SMILES string of the molecule is O=[P+](O)C1CC1. The normalized spacial score (nSPS) is 23.8. The molecule has 1 N–H and O–H groups in total. The van der Waals surface area contributed by atoms with Crippen LogP contribution in [0, 0.1) is 0 Å². The van der Waals surface area contributed by atoms with Crippen molar-refractivity contribution in [1.29, 1.82) is 0 Å². The predicted molar refractivity (Wildman–Crippen MR) is 22.8 cm³/mol. The zero-order chi connectivity index (χ0) is 4.57. The van der Waals surface area contributed by atoms with Crippen LogP contribution in [0.4, 0.5) is 0 Å². The second kappa shape index (κ2) is 1.28. The molecule has 1 atom stereocenters. The van der Waals surface area contributed by atoms with Crippen LogP contribution >= 0.6 is 8.03 Å². The molecule has 6 heavy (non-hydrogen) atoms. The van der Waals surface area contributed by atoms with Crippen molar-refractivity contribution in [3.8, 4) is 0 Å². The molecular weight excluding hydrogens is 99.0 g/mol. The van der Waals surface area contributed by atoms with Crippen molar-refractivity contribution in [2.75, 3.05) is 0 Å². The van der Waals surface area contributed by atoms with Crippen LogP contribution in [0.3, 0.4) is 0 Å². The first-order valence-electron chi connectivity index (χ1n) is 1.96. The molecule has 0 radical (unpaired) electrons. The topological polar surface area (TPSA) is 37.3 Å². The van der Waals surface area contributed by atoms with E-state index < -0.39 is 8.03 Å². The van der Waals surface area contributed by atoms with E-state index in [0.29, 0.717) is 0 Å². The average Bonchev–Trinajstić information content (AvgIpc) is 2.06. The monoisotopic (exact) mass is 105 g/mol. The molecule has 2 nitrogen and oxygen atoms in total. The molecule has 0 amide bonds. The Labute approximate surface area is 37.0 Å². The van der Waals surface area contributed by atoms with Crippen molar-refractivity contribution >= 4 is 8.03 Å². The van der Waals surface area contributed by atoms with Gasteiger partial charge in [0.25, 0.3) is 0 Å². The summed E-state index contributed by atoms with van der Waals surface area (Å²) in [5, 5.41) is 0. The van der Waals surface area contributed by atoms with E-state index in [1.165, 1.54) is 0 Å². The second-order valence-electron chi connectivity index (χ2n) is 1.53. The Kier molecular flexibility index (Phi) is 0.904. The molecule has 3 heteroatoms. The number of rotatable bonds is 1. The van der Waals surface area contributed by atoms with Crippen LogP contribution in [-0.4, -0.2) is 10.6 Å². The van der Waals surface area contributed by atoms with Gasteiger partial charge < -0.3 is 0 Å². The third-order valence-electron chi connectivity index (χ3n) is 0.859. The molecule has 0 aromatic heterocycles. The Hall–Kier alpha value is 0.0600. The molecule has 1 aliphatic carbocycles. The molecule has 0 heterocycles. The highest BCUT2D eigenvalue weighted by molar-refractivity contribution is 7.39. The van der Waals surface area contributed by atoms with Gasteiger partial charge in [-0.3, -0.25) is 0 Å². The largest absolute Gasteiger partial charge is 0.508 e. The molecule has 0 aliphatic heterocycles. The molecule has 1 saturated carbocycles. The van der Waals surface area contributed by atoms with E-state index in [1.807, 2.05) is 0 Å². The van der Waals surface area contributed by atoms with Gasteiger partial charge in [0.05, 0.1) is 0 Å². The van der Waals surface area contributed by atoms with E-state index in [9.17, 15) is 4.57 Å². The molecule has 1 aliphatic rings. The van der Waals surface area contributed by atoms with Crippen molar-refractivity contribution in [1.82, 2.24) is 0 Å². The van der Waals surface area contributed by atoms with Gasteiger partial charge in [-0.25, -0.2) is 0 Å². The fourth-order valence-electron chi connectivity index (χ4n) is 0.295. The minimum Gasteiger partial charge on any atom is -0.161 e. The zero-order valence-electron chi connectivity index (χ0n) is 3.29. The van der Waals surface area contributed by atoms with Gasteiger partial charge in [0.15, 0.2) is 5.66 Å². The van der Waals surface area contributed by atoms with E-state index in [-0.39, 0.29) is 5.66 Å². The number of hydrogen-bond donors (Lipinski definition) is 1. The second-order valence-corrected chi connectivity index (χ2v) is 2.87. The first-order chi connectivity index (χ1) is 2.80. The summed E-state index contributed by atoms with van der Waals surface area (Å²) >= 11 is 0. The Morgan fingerprint density at radius 3 is 2.17 bits per heavy atom. The lowest BCUT2D eigenvalue weighted by Gasteiger charge is -1.56. The quantitative estimate of drug-likeness (QED) is 0.502. The lowest BCUT2D eigenvalue weighted by molar-refractivity contribution is 0.502. The fourth-order valence-corrected chi connectivity index (χ4v) is 0.886. The minimum atomic E-state index is -1.80. The summed E-state index contributed by atoms with van der Waals surface area (Å²) in [6, 6.07) is 0. The highest BCUT2D eigenvalue weighted by Gasteiger charge is 2.40. The molecule has 0 aromatic rings. The first kappa shape index (κ1) is 4.23. The van der Waals surface area contributed by atoms with Crippen molar-refractivity contribution in [3.63, 3.8) is 0 Å². The maximum atomic E-state index is 9.91. The van der Waals surface area contributed by atoms with E-state index >= 15 is 0 Å². The van der Waals surface area contributed by atoms with Crippen LogP contribution in [0.5, 0.6) is 0 Å². The van der Waals surface area contributed by atoms with Crippen molar-refractivity contribution in [3.05, 3.63) is 0 Å². The lowest BCUT2D eigenvalue weighted by Crippen LogP contribution is -1.63. The Balaban J connectivity index is 2.31. The van der Waals surface area contributed by atoms with Gasteiger partial charge in [-0.1, -0.05) is 0 Å². The lowest BCUT2D eigenvalue weighted by atomic mass is 11.0. The van der Waals surface area contributed by atoms with Crippen LogP contribution < -0.4 is 0 Å². The summed E-state index contributed by atoms with van der Waals surface area (Å²) in [5.74, 6) is 0. The summed E-state index contributed by atoms with van der Waals surface area (Å²) in [5.41, 5.74) is 0.167. The van der Waals surface area contributed by atoms with Crippen molar-refractivity contribution < 1.29 is 9.46 Å². The highest BCUT2D eigenvalue weighted by atomic mass is 31.1. The molecule has 1 unspecified atom stereocenters. The summed E-state index contributed by atoms with van der Waals surface area (Å²) in [4.78, 5) is 8.20. The molecule has 1 rings (SSSR count). The third kappa shape index (κ3) is 0.763. The smallest absolute Gasteiger partial charge is 0.161 e. The van der Waals surface area contributed by atoms with Crippen LogP contribution in [0.25, 0.3) is 0 Å². The van der Waals surface area contributed by atoms with E-state index in [2.05, 4.69) is 0 Å². The van der Waals surface area contributed by atoms with Gasteiger partial charge in [0, 0.05) is 12.8 Å². The van der Waals surface area contributed by atoms with Crippen LogP contribution in [0.15, 0.2) is 0 Å². The molecule has 0 spiro atoms. The summed E-state index contributed by atoms with van der Waals surface area (Å²) in [6.45, 7) is 0. The first-order valence-corrected chi connectivity index (χ1v) is 3.24. The standard InChI is InChI=1S/C3H5O2P/c4-6(5)3-1-2-3/h3H,1-2H2/p+1. The maximum Gasteiger partial charge on any atom is 0.508 e. The Bertz CT molecular complexity index is 76.9. The molecule has 1 fully saturated rings. The van der Waals surface area contributed by atoms with Gasteiger partial charge in [0.2, 0.25) is 0 Å². The Morgan fingerprint density at radius 2 is 2.17 bits per heavy atom. The van der Waals surface area contributed by atoms with Gasteiger partial charge in [-0.2, -0.15) is 4.89 Å². The average molecular weight is 105 g/mol. The van der Waals surface area contributed by atoms with Crippen molar-refractivity contribution in [2.24, 2.45) is 0 Å². The van der Waals surface area contributed by atoms with E-state index in [4.69, 9.17) is 4.89 Å². The van der Waals surface area contributed by atoms with Crippen LogP contribution in [0.2, 0.25) is 0 Å². The molecule has 0 bridgehead atoms. The predicted octanol–water partition coefficient (Wildman–Crippen LogP) is 0.883. The van der Waals surface area contributed by atoms with Gasteiger partial charge >= 0.3 is 8.03 Å². The minimum absolute atomic E-state index is 0.167. The molecule has 34 valence electrons. The van der Waals surface area contributed by atoms with Crippen molar-refractivity contribution in [2.45, 2.75) is 18.5 Å². The zero-order valence-corrected chi connectivity index (χ0v) is 4.19. The van der Waals surface area contributed by atoms with Crippen LogP contribution in [0.1, 0.15) is 12.8 Å². The van der Waals surface area contributed by atoms with Gasteiger partial charge in [0.1, 0.15) is 0 Å². The molecular formula is C3H6O2P+.